The second kappa shape index (κ2) is 8.70. The van der Waals surface area contributed by atoms with Crippen LogP contribution in [0.3, 0.4) is 0 Å². The molecule has 1 heterocycles. The summed E-state index contributed by atoms with van der Waals surface area (Å²) in [7, 11) is -2.58. The fourth-order valence-electron chi connectivity index (χ4n) is 4.48. The maximum Gasteiger partial charge on any atom is 0.513 e. The van der Waals surface area contributed by atoms with Crippen LogP contribution in [-0.2, 0) is 27.4 Å². The highest BCUT2D eigenvalue weighted by Gasteiger charge is 2.32. The summed E-state index contributed by atoms with van der Waals surface area (Å²) in [6, 6.07) is 19.2. The van der Waals surface area contributed by atoms with Crippen LogP contribution in [0.2, 0.25) is 0 Å². The molecule has 8 heteroatoms. The minimum Gasteiger partial charge on any atom is -0.437 e. The third-order valence-electron chi connectivity index (χ3n) is 6.16. The van der Waals surface area contributed by atoms with Crippen molar-refractivity contribution in [1.29, 1.82) is 0 Å². The zero-order chi connectivity index (χ0) is 24.7. The Morgan fingerprint density at radius 1 is 1.00 bits per heavy atom. The van der Waals surface area contributed by atoms with Crippen molar-refractivity contribution in [1.82, 2.24) is 9.78 Å². The third kappa shape index (κ3) is 4.21. The minimum atomic E-state index is -3.77. The van der Waals surface area contributed by atoms with E-state index >= 15 is 0 Å². The van der Waals surface area contributed by atoms with E-state index in [9.17, 15) is 13.2 Å². The molecule has 0 bridgehead atoms. The van der Waals surface area contributed by atoms with Crippen molar-refractivity contribution in [3.05, 3.63) is 83.7 Å². The Hall–Kier alpha value is -3.91. The Bertz CT molecular complexity index is 1540. The Balaban J connectivity index is 1.84. The molecule has 5 rings (SSSR count). The number of carbonyl (C=O) groups excluding carboxylic acids is 1. The fourth-order valence-corrected chi connectivity index (χ4v) is 5.29. The summed E-state index contributed by atoms with van der Waals surface area (Å²) in [5, 5.41) is 4.76. The van der Waals surface area contributed by atoms with E-state index in [2.05, 4.69) is 0 Å². The third-order valence-corrected chi connectivity index (χ3v) is 7.26. The molecule has 1 aromatic heterocycles. The second-order valence-corrected chi connectivity index (χ2v) is 10.6. The normalized spacial score (nSPS) is 12.5. The van der Waals surface area contributed by atoms with Gasteiger partial charge in [-0.25, -0.2) is 17.9 Å². The average molecular weight is 489 g/mol. The Labute approximate surface area is 203 Å². The van der Waals surface area contributed by atoms with Crippen molar-refractivity contribution in [2.75, 3.05) is 13.4 Å². The molecule has 0 unspecified atom stereocenters. The van der Waals surface area contributed by atoms with Gasteiger partial charge in [0.15, 0.2) is 15.6 Å². The van der Waals surface area contributed by atoms with E-state index in [0.717, 1.165) is 45.5 Å². The van der Waals surface area contributed by atoms with Gasteiger partial charge in [-0.05, 0) is 54.7 Å². The molecule has 0 spiro atoms. The first kappa shape index (κ1) is 22.9. The molecule has 0 atom stereocenters. The number of methoxy groups -OCH3 is 1. The zero-order valence-electron chi connectivity index (χ0n) is 19.6. The van der Waals surface area contributed by atoms with E-state index in [0.29, 0.717) is 18.4 Å². The maximum atomic E-state index is 12.9. The predicted molar refractivity (Wildman–Crippen MR) is 133 cm³/mol. The van der Waals surface area contributed by atoms with E-state index in [1.165, 1.54) is 7.11 Å². The van der Waals surface area contributed by atoms with Crippen LogP contribution in [0.15, 0.2) is 71.8 Å². The number of carbonyl (C=O) groups is 1. The summed E-state index contributed by atoms with van der Waals surface area (Å²) in [5.41, 5.74) is 6.64. The van der Waals surface area contributed by atoms with Gasteiger partial charge in [-0.1, -0.05) is 48.0 Å². The number of aromatic nitrogens is 2. The molecule has 0 aliphatic heterocycles. The van der Waals surface area contributed by atoms with Crippen molar-refractivity contribution in [2.24, 2.45) is 0 Å². The van der Waals surface area contributed by atoms with Crippen LogP contribution in [0.5, 0.6) is 5.75 Å². The largest absolute Gasteiger partial charge is 0.513 e. The Kier molecular flexibility index (Phi) is 5.68. The summed E-state index contributed by atoms with van der Waals surface area (Å²) in [4.78, 5) is 12.1. The van der Waals surface area contributed by atoms with Gasteiger partial charge in [-0.3, -0.25) is 0 Å². The monoisotopic (exact) mass is 488 g/mol. The Morgan fingerprint density at radius 2 is 1.71 bits per heavy atom. The fraction of sp³-hybridized carbons (Fsp3) is 0.185. The molecular formula is C27H24N2O5S. The van der Waals surface area contributed by atoms with Crippen molar-refractivity contribution in [3.8, 4) is 33.7 Å². The molecule has 0 saturated heterocycles. The molecule has 0 fully saturated rings. The van der Waals surface area contributed by atoms with E-state index in [1.54, 1.807) is 10.7 Å². The van der Waals surface area contributed by atoms with Gasteiger partial charge in [0.25, 0.3) is 0 Å². The van der Waals surface area contributed by atoms with Gasteiger partial charge < -0.3 is 9.47 Å². The highest BCUT2D eigenvalue weighted by Crippen LogP contribution is 2.48. The number of nitrogens with zero attached hydrogens (tertiary/aromatic N) is 2. The smallest absolute Gasteiger partial charge is 0.437 e. The van der Waals surface area contributed by atoms with Crippen molar-refractivity contribution in [2.45, 2.75) is 24.7 Å². The van der Waals surface area contributed by atoms with E-state index in [4.69, 9.17) is 14.6 Å². The van der Waals surface area contributed by atoms with Gasteiger partial charge in [0.05, 0.1) is 18.5 Å². The molecular weight excluding hydrogens is 464 g/mol. The molecule has 0 N–H and O–H groups in total. The summed E-state index contributed by atoms with van der Waals surface area (Å²) in [6.07, 6.45) is 3.26. The molecule has 7 nitrogen and oxygen atoms in total. The maximum absolute atomic E-state index is 12.9. The van der Waals surface area contributed by atoms with Crippen LogP contribution in [0.1, 0.15) is 16.8 Å². The first-order valence-electron chi connectivity index (χ1n) is 11.1. The van der Waals surface area contributed by atoms with Gasteiger partial charge in [-0.15, -0.1) is 0 Å². The first-order chi connectivity index (χ1) is 16.8. The first-order valence-corrected chi connectivity index (χ1v) is 13.0. The number of sulfone groups is 1. The lowest BCUT2D eigenvalue weighted by Crippen LogP contribution is -2.15. The molecule has 0 radical (unpaired) electrons. The summed E-state index contributed by atoms with van der Waals surface area (Å²) in [6.45, 7) is 2.00. The van der Waals surface area contributed by atoms with Crippen LogP contribution in [0.4, 0.5) is 4.79 Å². The van der Waals surface area contributed by atoms with Gasteiger partial charge in [0.2, 0.25) is 0 Å². The molecule has 35 heavy (non-hydrogen) atoms. The number of rotatable bonds is 4. The molecule has 1 aliphatic rings. The number of hydrogen-bond acceptors (Lipinski definition) is 6. The van der Waals surface area contributed by atoms with Gasteiger partial charge in [0.1, 0.15) is 4.90 Å². The quantitative estimate of drug-likeness (QED) is 0.291. The topological polar surface area (TPSA) is 87.5 Å². The number of fused-ring (bicyclic) bond motifs is 3. The van der Waals surface area contributed by atoms with Crippen LogP contribution in [0.25, 0.3) is 27.9 Å². The van der Waals surface area contributed by atoms with Crippen molar-refractivity contribution >= 4 is 16.0 Å². The van der Waals surface area contributed by atoms with E-state index < -0.39 is 16.0 Å². The summed E-state index contributed by atoms with van der Waals surface area (Å²) < 4.78 is 37.9. The minimum absolute atomic E-state index is 0.0289. The number of aryl methyl sites for hydroxylation is 2. The standard InChI is InChI=1S/C27H24N2O5S/c1-17-9-11-18(12-10-17)21-15-24(35(3,31)32)26(34-27(30)33-2)25-20(21)13-14-23-22(25)16-29(28-23)19-7-5-4-6-8-19/h4-12,15-16H,13-14H2,1-3H3. The molecule has 0 amide bonds. The van der Waals surface area contributed by atoms with Crippen LogP contribution in [0, 0.1) is 6.92 Å². The molecule has 178 valence electrons. The highest BCUT2D eigenvalue weighted by atomic mass is 32.2. The number of para-hydroxylation sites is 1. The van der Waals surface area contributed by atoms with Gasteiger partial charge >= 0.3 is 6.16 Å². The predicted octanol–water partition coefficient (Wildman–Crippen LogP) is 5.16. The second-order valence-electron chi connectivity index (χ2n) is 8.57. The van der Waals surface area contributed by atoms with Crippen LogP contribution in [-0.4, -0.2) is 37.7 Å². The number of benzene rings is 3. The van der Waals surface area contributed by atoms with E-state index in [-0.39, 0.29) is 10.6 Å². The average Bonchev–Trinajstić information content (AvgIpc) is 3.29. The van der Waals surface area contributed by atoms with Crippen LogP contribution < -0.4 is 4.74 Å². The van der Waals surface area contributed by atoms with Gasteiger partial charge in [0, 0.05) is 23.6 Å². The van der Waals surface area contributed by atoms with Gasteiger partial charge in [-0.2, -0.15) is 5.10 Å². The Morgan fingerprint density at radius 3 is 2.37 bits per heavy atom. The highest BCUT2D eigenvalue weighted by molar-refractivity contribution is 7.90. The molecule has 4 aromatic rings. The molecule has 3 aromatic carbocycles. The SMILES string of the molecule is COC(=O)Oc1c(S(C)(=O)=O)cc(-c2ccc(C)cc2)c2c1-c1cn(-c3ccccc3)nc1CC2. The zero-order valence-corrected chi connectivity index (χ0v) is 20.4. The summed E-state index contributed by atoms with van der Waals surface area (Å²) in [5.74, 6) is -0.0289. The van der Waals surface area contributed by atoms with Crippen LogP contribution >= 0.6 is 0 Å². The summed E-state index contributed by atoms with van der Waals surface area (Å²) >= 11 is 0. The number of ether oxygens (including phenoxy) is 2. The van der Waals surface area contributed by atoms with Crippen molar-refractivity contribution < 1.29 is 22.7 Å². The molecule has 0 saturated carbocycles. The molecule has 1 aliphatic carbocycles. The number of hydrogen-bond donors (Lipinski definition) is 0. The lowest BCUT2D eigenvalue weighted by Gasteiger charge is -2.24. The lowest BCUT2D eigenvalue weighted by molar-refractivity contribution is 0.120. The van der Waals surface area contributed by atoms with Crippen molar-refractivity contribution in [3.63, 3.8) is 0 Å². The lowest BCUT2D eigenvalue weighted by atomic mass is 9.84. The van der Waals surface area contributed by atoms with E-state index in [1.807, 2.05) is 67.7 Å².